The SMILES string of the molecule is CC1(C(Cc2ccc(Br)cc2)NN)CCCS1. The minimum atomic E-state index is 0.280. The van der Waals surface area contributed by atoms with E-state index in [-0.39, 0.29) is 4.75 Å². The standard InChI is InChI=1S/C13H19BrN2S/c1-13(7-2-8-17-13)12(16-15)9-10-3-5-11(14)6-4-10/h3-6,12,16H,2,7-9,15H2,1H3. The molecule has 0 amide bonds. The summed E-state index contributed by atoms with van der Waals surface area (Å²) in [6, 6.07) is 8.85. The Kier molecular flexibility index (Phi) is 4.53. The van der Waals surface area contributed by atoms with Crippen molar-refractivity contribution in [2.24, 2.45) is 5.84 Å². The number of rotatable bonds is 4. The zero-order chi connectivity index (χ0) is 12.3. The molecule has 1 aromatic rings. The Morgan fingerprint density at radius 2 is 2.18 bits per heavy atom. The van der Waals surface area contributed by atoms with Gasteiger partial charge in [0.15, 0.2) is 0 Å². The Hall–Kier alpha value is -0.0300. The van der Waals surface area contributed by atoms with E-state index in [0.29, 0.717) is 6.04 Å². The van der Waals surface area contributed by atoms with E-state index in [9.17, 15) is 0 Å². The summed E-state index contributed by atoms with van der Waals surface area (Å²) in [6.45, 7) is 2.33. The van der Waals surface area contributed by atoms with E-state index in [2.05, 4.69) is 52.5 Å². The van der Waals surface area contributed by atoms with Gasteiger partial charge >= 0.3 is 0 Å². The number of nitrogens with one attached hydrogen (secondary N) is 1. The summed E-state index contributed by atoms with van der Waals surface area (Å²) in [7, 11) is 0. The normalized spacial score (nSPS) is 26.1. The summed E-state index contributed by atoms with van der Waals surface area (Å²) < 4.78 is 1.40. The quantitative estimate of drug-likeness (QED) is 0.662. The molecule has 0 bridgehead atoms. The van der Waals surface area contributed by atoms with Crippen LogP contribution in [0.3, 0.4) is 0 Å². The monoisotopic (exact) mass is 314 g/mol. The van der Waals surface area contributed by atoms with Crippen LogP contribution in [0.15, 0.2) is 28.7 Å². The van der Waals surface area contributed by atoms with Crippen molar-refractivity contribution < 1.29 is 0 Å². The lowest BCUT2D eigenvalue weighted by Crippen LogP contribution is -2.49. The zero-order valence-corrected chi connectivity index (χ0v) is 12.5. The third kappa shape index (κ3) is 3.25. The second-order valence-electron chi connectivity index (χ2n) is 4.81. The van der Waals surface area contributed by atoms with Crippen LogP contribution in [0.5, 0.6) is 0 Å². The first-order chi connectivity index (χ1) is 8.14. The van der Waals surface area contributed by atoms with Crippen LogP contribution in [0, 0.1) is 0 Å². The number of halogens is 1. The summed E-state index contributed by atoms with van der Waals surface area (Å²) >= 11 is 5.51. The van der Waals surface area contributed by atoms with Crippen LogP contribution in [0.4, 0.5) is 0 Å². The van der Waals surface area contributed by atoms with Gasteiger partial charge < -0.3 is 0 Å². The smallest absolute Gasteiger partial charge is 0.0395 e. The maximum atomic E-state index is 5.74. The highest BCUT2D eigenvalue weighted by molar-refractivity contribution is 9.10. The molecule has 1 aromatic carbocycles. The Morgan fingerprint density at radius 3 is 2.71 bits per heavy atom. The number of thioether (sulfide) groups is 1. The van der Waals surface area contributed by atoms with Crippen molar-refractivity contribution in [1.82, 2.24) is 5.43 Å². The molecule has 94 valence electrons. The molecule has 17 heavy (non-hydrogen) atoms. The van der Waals surface area contributed by atoms with Crippen molar-refractivity contribution in [3.8, 4) is 0 Å². The lowest BCUT2D eigenvalue weighted by atomic mass is 9.91. The Morgan fingerprint density at radius 1 is 1.47 bits per heavy atom. The molecule has 1 heterocycles. The number of benzene rings is 1. The van der Waals surface area contributed by atoms with Crippen LogP contribution < -0.4 is 11.3 Å². The highest BCUT2D eigenvalue weighted by atomic mass is 79.9. The molecule has 1 fully saturated rings. The Bertz CT molecular complexity index is 360. The van der Waals surface area contributed by atoms with Gasteiger partial charge in [0.1, 0.15) is 0 Å². The fourth-order valence-electron chi connectivity index (χ4n) is 2.38. The molecule has 3 N–H and O–H groups in total. The molecule has 0 spiro atoms. The third-order valence-electron chi connectivity index (χ3n) is 3.54. The van der Waals surface area contributed by atoms with Crippen LogP contribution in [0.25, 0.3) is 0 Å². The zero-order valence-electron chi connectivity index (χ0n) is 10.1. The molecule has 2 unspecified atom stereocenters. The van der Waals surface area contributed by atoms with Crippen molar-refractivity contribution in [3.05, 3.63) is 34.3 Å². The third-order valence-corrected chi connectivity index (χ3v) is 5.71. The molecule has 0 saturated carbocycles. The largest absolute Gasteiger partial charge is 0.271 e. The topological polar surface area (TPSA) is 38.0 Å². The lowest BCUT2D eigenvalue weighted by molar-refractivity contribution is 0.405. The molecule has 4 heteroatoms. The minimum Gasteiger partial charge on any atom is -0.271 e. The number of hydrogen-bond acceptors (Lipinski definition) is 3. The molecule has 2 rings (SSSR count). The number of hydrogen-bond donors (Lipinski definition) is 2. The first-order valence-electron chi connectivity index (χ1n) is 5.98. The van der Waals surface area contributed by atoms with E-state index in [0.717, 1.165) is 10.9 Å². The van der Waals surface area contributed by atoms with Gasteiger partial charge in [-0.1, -0.05) is 28.1 Å². The molecule has 0 aromatic heterocycles. The van der Waals surface area contributed by atoms with Crippen molar-refractivity contribution >= 4 is 27.7 Å². The van der Waals surface area contributed by atoms with Crippen molar-refractivity contribution in [2.75, 3.05) is 5.75 Å². The van der Waals surface area contributed by atoms with Gasteiger partial charge in [0, 0.05) is 15.3 Å². The average molecular weight is 315 g/mol. The van der Waals surface area contributed by atoms with Gasteiger partial charge in [-0.05, 0) is 49.6 Å². The fourth-order valence-corrected chi connectivity index (χ4v) is 4.04. The van der Waals surface area contributed by atoms with Crippen LogP contribution >= 0.6 is 27.7 Å². The molecule has 2 atom stereocenters. The molecule has 1 saturated heterocycles. The minimum absolute atomic E-state index is 0.280. The van der Waals surface area contributed by atoms with Gasteiger partial charge in [-0.2, -0.15) is 11.8 Å². The summed E-state index contributed by atoms with van der Waals surface area (Å²) in [4.78, 5) is 0. The molecular weight excluding hydrogens is 296 g/mol. The van der Waals surface area contributed by atoms with E-state index in [4.69, 9.17) is 5.84 Å². The van der Waals surface area contributed by atoms with Crippen molar-refractivity contribution in [3.63, 3.8) is 0 Å². The average Bonchev–Trinajstić information content (AvgIpc) is 2.76. The van der Waals surface area contributed by atoms with E-state index in [1.165, 1.54) is 24.2 Å². The van der Waals surface area contributed by atoms with Gasteiger partial charge in [-0.3, -0.25) is 11.3 Å². The summed E-state index contributed by atoms with van der Waals surface area (Å²) in [6.07, 6.45) is 3.55. The van der Waals surface area contributed by atoms with Gasteiger partial charge in [-0.25, -0.2) is 0 Å². The molecule has 1 aliphatic rings. The van der Waals surface area contributed by atoms with Gasteiger partial charge in [0.2, 0.25) is 0 Å². The van der Waals surface area contributed by atoms with Crippen LogP contribution in [0.2, 0.25) is 0 Å². The molecule has 2 nitrogen and oxygen atoms in total. The maximum absolute atomic E-state index is 5.74. The van der Waals surface area contributed by atoms with E-state index < -0.39 is 0 Å². The highest BCUT2D eigenvalue weighted by Gasteiger charge is 2.37. The second kappa shape index (κ2) is 5.74. The molecule has 0 aliphatic carbocycles. The van der Waals surface area contributed by atoms with Gasteiger partial charge in [0.05, 0.1) is 0 Å². The van der Waals surface area contributed by atoms with Crippen molar-refractivity contribution in [2.45, 2.75) is 37.0 Å². The van der Waals surface area contributed by atoms with E-state index in [1.807, 2.05) is 11.8 Å². The van der Waals surface area contributed by atoms with Crippen LogP contribution in [-0.4, -0.2) is 16.5 Å². The summed E-state index contributed by atoms with van der Waals surface area (Å²) in [5.41, 5.74) is 4.35. The molecular formula is C13H19BrN2S. The van der Waals surface area contributed by atoms with Crippen LogP contribution in [-0.2, 0) is 6.42 Å². The van der Waals surface area contributed by atoms with Crippen LogP contribution in [0.1, 0.15) is 25.3 Å². The highest BCUT2D eigenvalue weighted by Crippen LogP contribution is 2.41. The molecule has 1 aliphatic heterocycles. The number of nitrogens with two attached hydrogens (primary N) is 1. The second-order valence-corrected chi connectivity index (χ2v) is 7.36. The summed E-state index contributed by atoms with van der Waals surface area (Å²) in [5.74, 6) is 7.00. The first kappa shape index (κ1) is 13.4. The lowest BCUT2D eigenvalue weighted by Gasteiger charge is -2.32. The van der Waals surface area contributed by atoms with E-state index in [1.54, 1.807) is 0 Å². The van der Waals surface area contributed by atoms with E-state index >= 15 is 0 Å². The Labute approximate surface area is 116 Å². The van der Waals surface area contributed by atoms with Gasteiger partial charge in [-0.15, -0.1) is 0 Å². The predicted molar refractivity (Wildman–Crippen MR) is 79.1 cm³/mol. The maximum Gasteiger partial charge on any atom is 0.0395 e. The Balaban J connectivity index is 2.06. The predicted octanol–water partition coefficient (Wildman–Crippen LogP) is 3.11. The molecule has 0 radical (unpaired) electrons. The van der Waals surface area contributed by atoms with Crippen molar-refractivity contribution in [1.29, 1.82) is 0 Å². The first-order valence-corrected chi connectivity index (χ1v) is 7.76. The van der Waals surface area contributed by atoms with Gasteiger partial charge in [0.25, 0.3) is 0 Å². The number of hydrazine groups is 1. The fraction of sp³-hybridized carbons (Fsp3) is 0.538. The summed E-state index contributed by atoms with van der Waals surface area (Å²) in [5, 5.41) is 0.